The van der Waals surface area contributed by atoms with E-state index in [1.165, 1.54) is 0 Å². The quantitative estimate of drug-likeness (QED) is 0.373. The molecule has 0 fully saturated rings. The van der Waals surface area contributed by atoms with E-state index in [9.17, 15) is 5.11 Å². The van der Waals surface area contributed by atoms with Gasteiger partial charge in [-0.15, -0.1) is 0 Å². The fraction of sp³-hybridized carbons (Fsp3) is 1.00. The summed E-state index contributed by atoms with van der Waals surface area (Å²) in [6.45, 7) is 3.33. The minimum Gasteiger partial charge on any atom is -0.395 e. The van der Waals surface area contributed by atoms with E-state index in [-0.39, 0.29) is 6.61 Å². The van der Waals surface area contributed by atoms with Gasteiger partial charge >= 0.3 is 0 Å². The van der Waals surface area contributed by atoms with Crippen LogP contribution >= 0.6 is 0 Å². The van der Waals surface area contributed by atoms with Crippen LogP contribution < -0.4 is 11.5 Å². The molecule has 0 aliphatic rings. The summed E-state index contributed by atoms with van der Waals surface area (Å²) in [5.41, 5.74) is 11.0. The molecule has 13 heavy (non-hydrogen) atoms. The van der Waals surface area contributed by atoms with Crippen molar-refractivity contribution >= 4 is 0 Å². The van der Waals surface area contributed by atoms with Gasteiger partial charge in [-0.25, -0.2) is 0 Å². The van der Waals surface area contributed by atoms with E-state index < -0.39 is 5.85 Å². The van der Waals surface area contributed by atoms with Gasteiger partial charge in [0, 0.05) is 19.5 Å². The fourth-order valence-corrected chi connectivity index (χ4v) is 1.13. The van der Waals surface area contributed by atoms with E-state index in [0.29, 0.717) is 26.1 Å². The third-order valence-electron chi connectivity index (χ3n) is 2.07. The highest BCUT2D eigenvalue weighted by Gasteiger charge is 2.26. The van der Waals surface area contributed by atoms with Crippen LogP contribution in [0.1, 0.15) is 19.8 Å². The molecule has 0 aromatic heterocycles. The largest absolute Gasteiger partial charge is 0.395 e. The molecule has 0 saturated carbocycles. The molecule has 6 N–H and O–H groups in total. The van der Waals surface area contributed by atoms with Crippen molar-refractivity contribution in [3.63, 3.8) is 0 Å². The molecule has 0 aromatic rings. The maximum Gasteiger partial charge on any atom is 0.171 e. The summed E-state index contributed by atoms with van der Waals surface area (Å²) < 4.78 is 0. The van der Waals surface area contributed by atoms with Gasteiger partial charge in [0.15, 0.2) is 5.85 Å². The first kappa shape index (κ1) is 12.8. The molecule has 0 amide bonds. The monoisotopic (exact) mass is 191 g/mol. The van der Waals surface area contributed by atoms with Gasteiger partial charge < -0.3 is 15.9 Å². The van der Waals surface area contributed by atoms with Crippen LogP contribution in [0.2, 0.25) is 0 Å². The summed E-state index contributed by atoms with van der Waals surface area (Å²) in [7, 11) is 0. The van der Waals surface area contributed by atoms with Gasteiger partial charge in [0.2, 0.25) is 0 Å². The van der Waals surface area contributed by atoms with Crippen molar-refractivity contribution in [1.82, 2.24) is 4.90 Å². The molecule has 0 bridgehead atoms. The predicted molar refractivity (Wildman–Crippen MR) is 51.8 cm³/mol. The van der Waals surface area contributed by atoms with E-state index in [4.69, 9.17) is 16.6 Å². The van der Waals surface area contributed by atoms with Crippen LogP contribution in [0, 0.1) is 0 Å². The molecule has 0 aromatic carbocycles. The molecule has 0 spiro atoms. The second kappa shape index (κ2) is 6.28. The molecule has 1 atom stereocenters. The van der Waals surface area contributed by atoms with Crippen molar-refractivity contribution in [2.24, 2.45) is 11.5 Å². The second-order valence-corrected chi connectivity index (χ2v) is 3.08. The van der Waals surface area contributed by atoms with Crippen molar-refractivity contribution in [3.05, 3.63) is 0 Å². The smallest absolute Gasteiger partial charge is 0.171 e. The van der Waals surface area contributed by atoms with Gasteiger partial charge in [-0.05, 0) is 13.0 Å². The minimum absolute atomic E-state index is 0.00984. The van der Waals surface area contributed by atoms with Crippen molar-refractivity contribution in [2.75, 3.05) is 26.2 Å². The average Bonchev–Trinajstić information content (AvgIpc) is 2.12. The summed E-state index contributed by atoms with van der Waals surface area (Å²) in [5.74, 6) is -1.32. The van der Waals surface area contributed by atoms with Gasteiger partial charge in [-0.3, -0.25) is 10.6 Å². The molecular weight excluding hydrogens is 170 g/mol. The third-order valence-corrected chi connectivity index (χ3v) is 2.07. The van der Waals surface area contributed by atoms with Crippen LogP contribution in [0.15, 0.2) is 0 Å². The van der Waals surface area contributed by atoms with Crippen LogP contribution in [0.25, 0.3) is 0 Å². The Kier molecular flexibility index (Phi) is 6.19. The first-order chi connectivity index (χ1) is 6.08. The highest BCUT2D eigenvalue weighted by Crippen LogP contribution is 2.09. The fourth-order valence-electron chi connectivity index (χ4n) is 1.13. The maximum absolute atomic E-state index is 9.69. The summed E-state index contributed by atoms with van der Waals surface area (Å²) in [5, 5.41) is 18.4. The first-order valence-electron chi connectivity index (χ1n) is 4.65. The lowest BCUT2D eigenvalue weighted by atomic mass is 10.2. The molecule has 0 heterocycles. The van der Waals surface area contributed by atoms with E-state index in [0.717, 1.165) is 6.42 Å². The van der Waals surface area contributed by atoms with Crippen molar-refractivity contribution in [1.29, 1.82) is 0 Å². The number of hydrogen-bond donors (Lipinski definition) is 4. The van der Waals surface area contributed by atoms with Gasteiger partial charge in [-0.1, -0.05) is 6.92 Å². The number of hydrogen-bond acceptors (Lipinski definition) is 5. The predicted octanol–water partition coefficient (Wildman–Crippen LogP) is -1.36. The molecular formula is C8H21N3O2. The summed E-state index contributed by atoms with van der Waals surface area (Å²) in [6, 6.07) is 0. The van der Waals surface area contributed by atoms with E-state index in [2.05, 4.69) is 0 Å². The first-order valence-corrected chi connectivity index (χ1v) is 4.65. The van der Waals surface area contributed by atoms with Gasteiger partial charge in [0.05, 0.1) is 6.61 Å². The normalized spacial score (nSPS) is 16.2. The Labute approximate surface area is 79.3 Å². The minimum atomic E-state index is -1.32. The number of aliphatic hydroxyl groups excluding tert-OH is 1. The van der Waals surface area contributed by atoms with Gasteiger partial charge in [-0.2, -0.15) is 0 Å². The van der Waals surface area contributed by atoms with Gasteiger partial charge in [0.25, 0.3) is 0 Å². The maximum atomic E-state index is 9.69. The lowest BCUT2D eigenvalue weighted by Crippen LogP contribution is -2.57. The molecule has 0 saturated heterocycles. The van der Waals surface area contributed by atoms with Crippen LogP contribution in [0.4, 0.5) is 0 Å². The molecule has 5 nitrogen and oxygen atoms in total. The highest BCUT2D eigenvalue weighted by molar-refractivity contribution is 4.71. The molecule has 0 rings (SSSR count). The van der Waals surface area contributed by atoms with Crippen LogP contribution in [0.3, 0.4) is 0 Å². The summed E-state index contributed by atoms with van der Waals surface area (Å²) in [4.78, 5) is 1.64. The zero-order chi connectivity index (χ0) is 10.3. The number of nitrogens with zero attached hydrogens (tertiary/aromatic N) is 1. The van der Waals surface area contributed by atoms with Crippen LogP contribution in [-0.2, 0) is 0 Å². The Balaban J connectivity index is 4.05. The Morgan fingerprint density at radius 1 is 1.38 bits per heavy atom. The van der Waals surface area contributed by atoms with Crippen LogP contribution in [-0.4, -0.2) is 47.2 Å². The molecule has 5 heteroatoms. The van der Waals surface area contributed by atoms with E-state index in [1.807, 2.05) is 0 Å². The topological polar surface area (TPSA) is 95.7 Å². The third kappa shape index (κ3) is 4.54. The molecule has 0 aliphatic carbocycles. The molecule has 80 valence electrons. The number of nitrogens with two attached hydrogens (primary N) is 2. The van der Waals surface area contributed by atoms with E-state index in [1.54, 1.807) is 11.8 Å². The summed E-state index contributed by atoms with van der Waals surface area (Å²) in [6.07, 6.45) is 1.19. The Bertz CT molecular complexity index is 131. The second-order valence-electron chi connectivity index (χ2n) is 3.08. The van der Waals surface area contributed by atoms with Crippen LogP contribution in [0.5, 0.6) is 0 Å². The Hall–Kier alpha value is -0.200. The Morgan fingerprint density at radius 3 is 2.38 bits per heavy atom. The SMILES string of the molecule is CCC(N)(O)N(CCO)CCCN. The lowest BCUT2D eigenvalue weighted by Gasteiger charge is -2.35. The molecule has 1 unspecified atom stereocenters. The van der Waals surface area contributed by atoms with Crippen molar-refractivity contribution < 1.29 is 10.2 Å². The van der Waals surface area contributed by atoms with E-state index >= 15 is 0 Å². The zero-order valence-electron chi connectivity index (χ0n) is 8.24. The van der Waals surface area contributed by atoms with Crippen molar-refractivity contribution in [3.8, 4) is 0 Å². The number of aliphatic hydroxyl groups is 2. The number of rotatable bonds is 7. The Morgan fingerprint density at radius 2 is 2.00 bits per heavy atom. The molecule has 0 aliphatic heterocycles. The van der Waals surface area contributed by atoms with Crippen molar-refractivity contribution in [2.45, 2.75) is 25.6 Å². The van der Waals surface area contributed by atoms with Gasteiger partial charge in [0.1, 0.15) is 0 Å². The molecule has 0 radical (unpaired) electrons. The zero-order valence-corrected chi connectivity index (χ0v) is 8.24. The average molecular weight is 191 g/mol. The lowest BCUT2D eigenvalue weighted by molar-refractivity contribution is -0.111. The highest BCUT2D eigenvalue weighted by atomic mass is 16.3. The standard InChI is InChI=1S/C8H21N3O2/c1-2-8(10,13)11(6-7-12)5-3-4-9/h12-13H,2-7,9-10H2,1H3. The summed E-state index contributed by atoms with van der Waals surface area (Å²) >= 11 is 0.